The Labute approximate surface area is 101 Å². The molecule has 0 spiro atoms. The Kier molecular flexibility index (Phi) is 3.13. The number of hydrogen-bond donors (Lipinski definition) is 1. The van der Waals surface area contributed by atoms with Crippen LogP contribution in [0.1, 0.15) is 18.2 Å². The Morgan fingerprint density at radius 1 is 1.53 bits per heavy atom. The first-order valence-corrected chi connectivity index (χ1v) is 5.74. The third-order valence-corrected chi connectivity index (χ3v) is 3.12. The van der Waals surface area contributed by atoms with Gasteiger partial charge in [0, 0.05) is 37.8 Å². The van der Waals surface area contributed by atoms with E-state index >= 15 is 0 Å². The van der Waals surface area contributed by atoms with Gasteiger partial charge in [-0.15, -0.1) is 0 Å². The zero-order valence-corrected chi connectivity index (χ0v) is 10.4. The first-order valence-electron chi connectivity index (χ1n) is 5.74. The van der Waals surface area contributed by atoms with Crippen molar-refractivity contribution in [3.63, 3.8) is 0 Å². The minimum Gasteiger partial charge on any atom is -0.356 e. The topological polar surface area (TPSA) is 46.9 Å². The summed E-state index contributed by atoms with van der Waals surface area (Å²) in [4.78, 5) is 15.2. The number of aromatic nitrogens is 2. The quantitative estimate of drug-likeness (QED) is 0.871. The predicted molar refractivity (Wildman–Crippen MR) is 67.8 cm³/mol. The van der Waals surface area contributed by atoms with Crippen molar-refractivity contribution in [1.29, 1.82) is 0 Å². The van der Waals surface area contributed by atoms with Gasteiger partial charge in [-0.2, -0.15) is 0 Å². The number of carbonyl (C=O) groups is 1. The second-order valence-electron chi connectivity index (χ2n) is 4.23. The average molecular weight is 231 g/mol. The van der Waals surface area contributed by atoms with Crippen molar-refractivity contribution in [2.45, 2.75) is 20.3 Å². The van der Waals surface area contributed by atoms with Crippen molar-refractivity contribution >= 4 is 16.9 Å². The summed E-state index contributed by atoms with van der Waals surface area (Å²) in [5, 5.41) is 4.01. The van der Waals surface area contributed by atoms with Gasteiger partial charge in [-0.25, -0.2) is 4.98 Å². The Hall–Kier alpha value is -1.84. The van der Waals surface area contributed by atoms with Crippen LogP contribution in [0.2, 0.25) is 0 Å². The number of fused-ring (bicyclic) bond motifs is 1. The maximum atomic E-state index is 10.9. The van der Waals surface area contributed by atoms with E-state index in [1.54, 1.807) is 6.20 Å². The van der Waals surface area contributed by atoms with Crippen LogP contribution >= 0.6 is 0 Å². The monoisotopic (exact) mass is 231 g/mol. The number of rotatable bonds is 3. The van der Waals surface area contributed by atoms with Crippen LogP contribution < -0.4 is 5.32 Å². The van der Waals surface area contributed by atoms with Crippen LogP contribution in [0.3, 0.4) is 0 Å². The molecule has 0 atom stereocenters. The van der Waals surface area contributed by atoms with Gasteiger partial charge in [0.05, 0.1) is 0 Å². The van der Waals surface area contributed by atoms with E-state index in [2.05, 4.69) is 27.9 Å². The molecule has 4 heteroatoms. The number of carbonyl (C=O) groups excluding carboxylic acids is 1. The van der Waals surface area contributed by atoms with Gasteiger partial charge in [-0.05, 0) is 31.0 Å². The molecule has 1 amide bonds. The molecule has 0 unspecified atom stereocenters. The summed E-state index contributed by atoms with van der Waals surface area (Å²) in [6.07, 6.45) is 2.65. The highest BCUT2D eigenvalue weighted by Gasteiger charge is 2.11. The lowest BCUT2D eigenvalue weighted by Gasteiger charge is -2.03. The van der Waals surface area contributed by atoms with Crippen LogP contribution in [-0.4, -0.2) is 22.0 Å². The van der Waals surface area contributed by atoms with E-state index in [4.69, 9.17) is 0 Å². The van der Waals surface area contributed by atoms with E-state index in [0.29, 0.717) is 6.54 Å². The summed E-state index contributed by atoms with van der Waals surface area (Å²) in [6.45, 7) is 4.30. The van der Waals surface area contributed by atoms with Gasteiger partial charge in [0.1, 0.15) is 5.65 Å². The lowest BCUT2D eigenvalue weighted by Crippen LogP contribution is -2.22. The molecule has 0 bridgehead atoms. The molecule has 0 saturated heterocycles. The van der Waals surface area contributed by atoms with E-state index in [-0.39, 0.29) is 5.91 Å². The highest BCUT2D eigenvalue weighted by atomic mass is 16.1. The molecule has 0 saturated carbocycles. The Balaban J connectivity index is 2.33. The van der Waals surface area contributed by atoms with Crippen LogP contribution in [0.15, 0.2) is 18.3 Å². The summed E-state index contributed by atoms with van der Waals surface area (Å²) in [6, 6.07) is 4.03. The molecular weight excluding hydrogens is 214 g/mol. The van der Waals surface area contributed by atoms with Gasteiger partial charge in [0.15, 0.2) is 0 Å². The van der Waals surface area contributed by atoms with Gasteiger partial charge >= 0.3 is 0 Å². The highest BCUT2D eigenvalue weighted by Crippen LogP contribution is 2.23. The van der Waals surface area contributed by atoms with Gasteiger partial charge in [-0.3, -0.25) is 4.79 Å². The van der Waals surface area contributed by atoms with Crippen LogP contribution in [-0.2, 0) is 18.3 Å². The molecule has 2 aromatic heterocycles. The Morgan fingerprint density at radius 3 is 3.00 bits per heavy atom. The van der Waals surface area contributed by atoms with Gasteiger partial charge < -0.3 is 9.88 Å². The van der Waals surface area contributed by atoms with Crippen molar-refractivity contribution in [2.75, 3.05) is 6.54 Å². The average Bonchev–Trinajstić information content (AvgIpc) is 2.54. The molecule has 2 rings (SSSR count). The fourth-order valence-electron chi connectivity index (χ4n) is 2.14. The number of nitrogens with zero attached hydrogens (tertiary/aromatic N) is 2. The summed E-state index contributed by atoms with van der Waals surface area (Å²) in [5.74, 6) is 0.0148. The number of pyridine rings is 1. The molecule has 2 aromatic rings. The smallest absolute Gasteiger partial charge is 0.216 e. The van der Waals surface area contributed by atoms with Crippen molar-refractivity contribution in [3.05, 3.63) is 29.6 Å². The summed E-state index contributed by atoms with van der Waals surface area (Å²) in [7, 11) is 2.02. The van der Waals surface area contributed by atoms with Crippen molar-refractivity contribution in [2.24, 2.45) is 7.05 Å². The first kappa shape index (κ1) is 11.6. The van der Waals surface area contributed by atoms with Crippen molar-refractivity contribution in [3.8, 4) is 0 Å². The van der Waals surface area contributed by atoms with Crippen LogP contribution in [0, 0.1) is 6.92 Å². The molecule has 17 heavy (non-hydrogen) atoms. The molecule has 2 heterocycles. The maximum Gasteiger partial charge on any atom is 0.216 e. The maximum absolute atomic E-state index is 10.9. The number of hydrogen-bond acceptors (Lipinski definition) is 2. The Bertz CT molecular complexity index is 557. The summed E-state index contributed by atoms with van der Waals surface area (Å²) in [5.41, 5.74) is 3.48. The standard InChI is InChI=1S/C13H17N3O/c1-9-11(6-8-14-10(2)17)12-5-4-7-15-13(12)16(9)3/h4-5,7H,6,8H2,1-3H3,(H,14,17). The van der Waals surface area contributed by atoms with Gasteiger partial charge in [0.2, 0.25) is 5.91 Å². The third kappa shape index (κ3) is 2.16. The minimum atomic E-state index is 0.0148. The van der Waals surface area contributed by atoms with E-state index in [9.17, 15) is 4.79 Å². The summed E-state index contributed by atoms with van der Waals surface area (Å²) < 4.78 is 2.10. The van der Waals surface area contributed by atoms with Crippen LogP contribution in [0.25, 0.3) is 11.0 Å². The predicted octanol–water partition coefficient (Wildman–Crippen LogP) is 1.56. The highest BCUT2D eigenvalue weighted by molar-refractivity contribution is 5.82. The zero-order chi connectivity index (χ0) is 12.4. The van der Waals surface area contributed by atoms with Crippen molar-refractivity contribution < 1.29 is 4.79 Å². The van der Waals surface area contributed by atoms with Crippen molar-refractivity contribution in [1.82, 2.24) is 14.9 Å². The Morgan fingerprint density at radius 2 is 2.29 bits per heavy atom. The molecule has 4 nitrogen and oxygen atoms in total. The minimum absolute atomic E-state index is 0.0148. The molecular formula is C13H17N3O. The second kappa shape index (κ2) is 4.57. The van der Waals surface area contributed by atoms with E-state index < -0.39 is 0 Å². The normalized spacial score (nSPS) is 10.8. The molecule has 0 aliphatic carbocycles. The van der Waals surface area contributed by atoms with E-state index in [0.717, 1.165) is 12.1 Å². The van der Waals surface area contributed by atoms with Gasteiger partial charge in [-0.1, -0.05) is 0 Å². The lowest BCUT2D eigenvalue weighted by molar-refractivity contribution is -0.118. The largest absolute Gasteiger partial charge is 0.356 e. The molecule has 1 N–H and O–H groups in total. The third-order valence-electron chi connectivity index (χ3n) is 3.12. The number of aryl methyl sites for hydroxylation is 1. The van der Waals surface area contributed by atoms with E-state index in [1.165, 1.54) is 23.6 Å². The van der Waals surface area contributed by atoms with Crippen LogP contribution in [0.5, 0.6) is 0 Å². The van der Waals surface area contributed by atoms with E-state index in [1.807, 2.05) is 13.1 Å². The molecule has 0 fully saturated rings. The lowest BCUT2D eigenvalue weighted by atomic mass is 10.1. The first-order chi connectivity index (χ1) is 8.11. The van der Waals surface area contributed by atoms with Gasteiger partial charge in [0.25, 0.3) is 0 Å². The SMILES string of the molecule is CC(=O)NCCc1c(C)n(C)c2ncccc12. The molecule has 0 aromatic carbocycles. The molecule has 0 aliphatic heterocycles. The fourth-order valence-corrected chi connectivity index (χ4v) is 2.14. The van der Waals surface area contributed by atoms with Crippen LogP contribution in [0.4, 0.5) is 0 Å². The summed E-state index contributed by atoms with van der Waals surface area (Å²) >= 11 is 0. The molecule has 0 aliphatic rings. The second-order valence-corrected chi connectivity index (χ2v) is 4.23. The number of amides is 1. The molecule has 0 radical (unpaired) electrons. The number of nitrogens with one attached hydrogen (secondary N) is 1. The fraction of sp³-hybridized carbons (Fsp3) is 0.385. The zero-order valence-electron chi connectivity index (χ0n) is 10.4. The molecule has 90 valence electrons.